The number of nitrogens with two attached hydrogens (primary N) is 1. The Bertz CT molecular complexity index is 645. The summed E-state index contributed by atoms with van der Waals surface area (Å²) in [6.45, 7) is 3.69. The van der Waals surface area contributed by atoms with Gasteiger partial charge in [0.2, 0.25) is 5.95 Å². The van der Waals surface area contributed by atoms with Crippen molar-refractivity contribution in [1.29, 1.82) is 0 Å². The predicted octanol–water partition coefficient (Wildman–Crippen LogP) is 1.79. The molecule has 6 nitrogen and oxygen atoms in total. The van der Waals surface area contributed by atoms with Crippen molar-refractivity contribution in [3.63, 3.8) is 0 Å². The van der Waals surface area contributed by atoms with Gasteiger partial charge in [0.25, 0.3) is 0 Å². The lowest BCUT2D eigenvalue weighted by Gasteiger charge is -2.30. The molecule has 3 N–H and O–H groups in total. The number of halogens is 1. The summed E-state index contributed by atoms with van der Waals surface area (Å²) in [5, 5.41) is 0. The van der Waals surface area contributed by atoms with E-state index in [2.05, 4.69) is 47.3 Å². The molecule has 104 valence electrons. The summed E-state index contributed by atoms with van der Waals surface area (Å²) in [5.74, 6) is 6.73. The first kappa shape index (κ1) is 13.3. The number of rotatable bonds is 2. The second kappa shape index (κ2) is 5.34. The molecule has 2 aromatic heterocycles. The van der Waals surface area contributed by atoms with E-state index >= 15 is 0 Å². The molecule has 0 aromatic carbocycles. The highest BCUT2D eigenvalue weighted by Gasteiger charge is 2.20. The fraction of sp³-hybridized carbons (Fsp3) is 0.308. The van der Waals surface area contributed by atoms with Crippen LogP contribution in [-0.2, 0) is 13.0 Å². The Balaban J connectivity index is 1.93. The zero-order valence-electron chi connectivity index (χ0n) is 11.1. The van der Waals surface area contributed by atoms with Crippen LogP contribution in [0.1, 0.15) is 16.8 Å². The van der Waals surface area contributed by atoms with Crippen molar-refractivity contribution in [2.24, 2.45) is 5.84 Å². The van der Waals surface area contributed by atoms with Crippen LogP contribution >= 0.6 is 15.9 Å². The van der Waals surface area contributed by atoms with Crippen molar-refractivity contribution in [2.45, 2.75) is 19.9 Å². The van der Waals surface area contributed by atoms with Gasteiger partial charge < -0.3 is 4.90 Å². The SMILES string of the molecule is Cc1cnc(NN)nc1N1CCc2ncc(Br)cc2C1. The lowest BCUT2D eigenvalue weighted by molar-refractivity contribution is 0.698. The molecule has 0 saturated heterocycles. The lowest BCUT2D eigenvalue weighted by atomic mass is 10.1. The molecule has 20 heavy (non-hydrogen) atoms. The van der Waals surface area contributed by atoms with Crippen molar-refractivity contribution >= 4 is 27.7 Å². The maximum absolute atomic E-state index is 5.39. The second-order valence-electron chi connectivity index (χ2n) is 4.78. The number of nitrogens with one attached hydrogen (secondary N) is 1. The van der Waals surface area contributed by atoms with Crippen LogP contribution in [0.2, 0.25) is 0 Å². The molecule has 1 aliphatic rings. The standard InChI is InChI=1S/C13H15BrN6/c1-8-5-17-13(19-15)18-12(8)20-3-2-11-9(7-20)4-10(14)6-16-11/h4-6H,2-3,7,15H2,1H3,(H,17,18,19). The van der Waals surface area contributed by atoms with Gasteiger partial charge in [-0.2, -0.15) is 4.98 Å². The number of hydrogen-bond donors (Lipinski definition) is 2. The zero-order valence-corrected chi connectivity index (χ0v) is 12.7. The highest BCUT2D eigenvalue weighted by molar-refractivity contribution is 9.10. The normalized spacial score (nSPS) is 14.1. The van der Waals surface area contributed by atoms with Gasteiger partial charge in [0, 0.05) is 47.6 Å². The van der Waals surface area contributed by atoms with E-state index in [0.717, 1.165) is 41.1 Å². The van der Waals surface area contributed by atoms with Crippen LogP contribution in [0.3, 0.4) is 0 Å². The molecule has 1 aliphatic heterocycles. The molecule has 0 fully saturated rings. The van der Waals surface area contributed by atoms with Gasteiger partial charge in [0.15, 0.2) is 0 Å². The van der Waals surface area contributed by atoms with Crippen LogP contribution in [-0.4, -0.2) is 21.5 Å². The minimum atomic E-state index is 0.434. The monoisotopic (exact) mass is 334 g/mol. The van der Waals surface area contributed by atoms with E-state index < -0.39 is 0 Å². The quantitative estimate of drug-likeness (QED) is 0.643. The van der Waals surface area contributed by atoms with E-state index in [9.17, 15) is 0 Å². The number of nitrogens with zero attached hydrogens (tertiary/aromatic N) is 4. The topological polar surface area (TPSA) is 80.0 Å². The Labute approximate surface area is 125 Å². The number of nitrogen functional groups attached to an aromatic ring is 1. The molecule has 0 aliphatic carbocycles. The van der Waals surface area contributed by atoms with Crippen LogP contribution < -0.4 is 16.2 Å². The van der Waals surface area contributed by atoms with Crippen LogP contribution in [0.5, 0.6) is 0 Å². The fourth-order valence-electron chi connectivity index (χ4n) is 2.40. The molecule has 3 rings (SSSR count). The fourth-order valence-corrected chi connectivity index (χ4v) is 2.78. The largest absolute Gasteiger partial charge is 0.351 e. The molecule has 2 aromatic rings. The van der Waals surface area contributed by atoms with Crippen LogP contribution in [0.25, 0.3) is 0 Å². The number of aryl methyl sites for hydroxylation is 1. The van der Waals surface area contributed by atoms with Gasteiger partial charge in [-0.1, -0.05) is 0 Å². The van der Waals surface area contributed by atoms with Gasteiger partial charge in [-0.25, -0.2) is 10.8 Å². The third-order valence-corrected chi connectivity index (χ3v) is 3.81. The lowest BCUT2D eigenvalue weighted by Crippen LogP contribution is -2.32. The molecule has 0 bridgehead atoms. The van der Waals surface area contributed by atoms with E-state index in [1.165, 1.54) is 5.56 Å². The average molecular weight is 335 g/mol. The first-order chi connectivity index (χ1) is 9.67. The molecular formula is C13H15BrN6. The van der Waals surface area contributed by atoms with Crippen molar-refractivity contribution in [2.75, 3.05) is 16.9 Å². The van der Waals surface area contributed by atoms with Gasteiger partial charge in [-0.05, 0) is 34.5 Å². The number of fused-ring (bicyclic) bond motifs is 1. The smallest absolute Gasteiger partial charge is 0.239 e. The minimum Gasteiger partial charge on any atom is -0.351 e. The van der Waals surface area contributed by atoms with Crippen molar-refractivity contribution in [1.82, 2.24) is 15.0 Å². The number of hydrogen-bond acceptors (Lipinski definition) is 6. The Hall–Kier alpha value is -1.73. The summed E-state index contributed by atoms with van der Waals surface area (Å²) < 4.78 is 1.00. The summed E-state index contributed by atoms with van der Waals surface area (Å²) in [5.41, 5.74) is 5.92. The van der Waals surface area contributed by atoms with Gasteiger partial charge >= 0.3 is 0 Å². The molecule has 7 heteroatoms. The summed E-state index contributed by atoms with van der Waals surface area (Å²) in [6.07, 6.45) is 4.55. The van der Waals surface area contributed by atoms with Crippen LogP contribution in [0.4, 0.5) is 11.8 Å². The van der Waals surface area contributed by atoms with Gasteiger partial charge in [-0.15, -0.1) is 0 Å². The van der Waals surface area contributed by atoms with Crippen molar-refractivity contribution < 1.29 is 0 Å². The van der Waals surface area contributed by atoms with Gasteiger partial charge in [0.1, 0.15) is 5.82 Å². The van der Waals surface area contributed by atoms with Crippen molar-refractivity contribution in [3.05, 3.63) is 39.8 Å². The minimum absolute atomic E-state index is 0.434. The van der Waals surface area contributed by atoms with Crippen LogP contribution in [0, 0.1) is 6.92 Å². The maximum Gasteiger partial charge on any atom is 0.239 e. The summed E-state index contributed by atoms with van der Waals surface area (Å²) in [4.78, 5) is 15.3. The van der Waals surface area contributed by atoms with E-state index in [4.69, 9.17) is 5.84 Å². The maximum atomic E-state index is 5.39. The zero-order chi connectivity index (χ0) is 14.1. The Morgan fingerprint density at radius 3 is 3.00 bits per heavy atom. The van der Waals surface area contributed by atoms with E-state index in [-0.39, 0.29) is 0 Å². The average Bonchev–Trinajstić information content (AvgIpc) is 2.47. The first-order valence-corrected chi connectivity index (χ1v) is 7.15. The molecule has 0 atom stereocenters. The van der Waals surface area contributed by atoms with Crippen LogP contribution in [0.15, 0.2) is 22.9 Å². The van der Waals surface area contributed by atoms with E-state index in [1.54, 1.807) is 6.20 Å². The van der Waals surface area contributed by atoms with E-state index in [1.807, 2.05) is 13.1 Å². The number of pyridine rings is 1. The molecule has 0 spiro atoms. The number of hydrazine groups is 1. The van der Waals surface area contributed by atoms with Crippen molar-refractivity contribution in [3.8, 4) is 0 Å². The molecule has 0 unspecified atom stereocenters. The highest BCUT2D eigenvalue weighted by atomic mass is 79.9. The first-order valence-electron chi connectivity index (χ1n) is 6.36. The molecular weight excluding hydrogens is 320 g/mol. The van der Waals surface area contributed by atoms with E-state index in [0.29, 0.717) is 5.95 Å². The third-order valence-electron chi connectivity index (χ3n) is 3.38. The molecule has 0 radical (unpaired) electrons. The Morgan fingerprint density at radius 1 is 1.35 bits per heavy atom. The number of aromatic nitrogens is 3. The molecule has 3 heterocycles. The Kier molecular flexibility index (Phi) is 3.54. The molecule has 0 saturated carbocycles. The predicted molar refractivity (Wildman–Crippen MR) is 81.3 cm³/mol. The summed E-state index contributed by atoms with van der Waals surface area (Å²) >= 11 is 3.47. The number of anilines is 2. The third kappa shape index (κ3) is 2.46. The van der Waals surface area contributed by atoms with Gasteiger partial charge in [0.05, 0.1) is 0 Å². The Morgan fingerprint density at radius 2 is 2.20 bits per heavy atom. The molecule has 0 amide bonds. The van der Waals surface area contributed by atoms with Gasteiger partial charge in [-0.3, -0.25) is 10.4 Å². The second-order valence-corrected chi connectivity index (χ2v) is 5.69. The summed E-state index contributed by atoms with van der Waals surface area (Å²) in [6, 6.07) is 2.12. The summed E-state index contributed by atoms with van der Waals surface area (Å²) in [7, 11) is 0. The highest BCUT2D eigenvalue weighted by Crippen LogP contribution is 2.26.